The van der Waals surface area contributed by atoms with Crippen LogP contribution in [0.3, 0.4) is 0 Å². The molecule has 1 nitrogen and oxygen atoms in total. The summed E-state index contributed by atoms with van der Waals surface area (Å²) < 4.78 is 1.20. The molecule has 0 fully saturated rings. The third-order valence-corrected chi connectivity index (χ3v) is 2.89. The molecule has 2 rings (SSSR count). The Morgan fingerprint density at radius 1 is 1.45 bits per heavy atom. The predicted octanol–water partition coefficient (Wildman–Crippen LogP) is 3.26. The number of aromatic nitrogens is 1. The number of hydrogen-bond acceptors (Lipinski definition) is 2. The van der Waals surface area contributed by atoms with Gasteiger partial charge in [-0.05, 0) is 24.6 Å². The Bertz CT molecular complexity index is 394. The SMILES string of the molecule is Cc1c(Cl)ccc2scnc12. The van der Waals surface area contributed by atoms with Crippen LogP contribution in [0.1, 0.15) is 5.56 Å². The second kappa shape index (κ2) is 2.47. The Labute approximate surface area is 73.6 Å². The van der Waals surface area contributed by atoms with Crippen LogP contribution < -0.4 is 0 Å². The van der Waals surface area contributed by atoms with E-state index in [0.29, 0.717) is 0 Å². The Morgan fingerprint density at radius 3 is 3.09 bits per heavy atom. The molecule has 1 heterocycles. The van der Waals surface area contributed by atoms with Crippen molar-refractivity contribution in [3.63, 3.8) is 0 Å². The lowest BCUT2D eigenvalue weighted by Crippen LogP contribution is -1.76. The lowest BCUT2D eigenvalue weighted by atomic mass is 10.2. The van der Waals surface area contributed by atoms with Crippen LogP contribution in [-0.4, -0.2) is 4.98 Å². The van der Waals surface area contributed by atoms with Crippen molar-refractivity contribution >= 4 is 33.2 Å². The number of benzene rings is 1. The topological polar surface area (TPSA) is 12.9 Å². The van der Waals surface area contributed by atoms with Crippen molar-refractivity contribution in [3.05, 3.63) is 28.2 Å². The molecule has 0 aliphatic rings. The number of aryl methyl sites for hydroxylation is 1. The molecule has 0 unspecified atom stereocenters. The maximum atomic E-state index is 5.91. The molecule has 0 aliphatic carbocycles. The Balaban J connectivity index is 2.93. The van der Waals surface area contributed by atoms with E-state index in [0.717, 1.165) is 16.1 Å². The molecule has 3 heteroatoms. The average molecular weight is 184 g/mol. The van der Waals surface area contributed by atoms with Crippen LogP contribution in [0.5, 0.6) is 0 Å². The fraction of sp³-hybridized carbons (Fsp3) is 0.125. The first kappa shape index (κ1) is 7.07. The van der Waals surface area contributed by atoms with E-state index in [4.69, 9.17) is 11.6 Å². The van der Waals surface area contributed by atoms with Crippen molar-refractivity contribution in [1.29, 1.82) is 0 Å². The summed E-state index contributed by atoms with van der Waals surface area (Å²) >= 11 is 7.55. The van der Waals surface area contributed by atoms with Crippen LogP contribution in [0.4, 0.5) is 0 Å². The Morgan fingerprint density at radius 2 is 2.27 bits per heavy atom. The molecule has 56 valence electrons. The zero-order valence-corrected chi connectivity index (χ0v) is 7.54. The van der Waals surface area contributed by atoms with Crippen molar-refractivity contribution in [2.45, 2.75) is 6.92 Å². The minimum atomic E-state index is 0.795. The smallest absolute Gasteiger partial charge is 0.0855 e. The van der Waals surface area contributed by atoms with Crippen LogP contribution in [0.25, 0.3) is 10.2 Å². The number of thiazole rings is 1. The number of rotatable bonds is 0. The molecule has 2 aromatic rings. The molecule has 1 aromatic carbocycles. The zero-order valence-electron chi connectivity index (χ0n) is 5.97. The maximum Gasteiger partial charge on any atom is 0.0855 e. The first-order valence-electron chi connectivity index (χ1n) is 3.27. The Hall–Kier alpha value is -0.600. The summed E-state index contributed by atoms with van der Waals surface area (Å²) in [6, 6.07) is 3.92. The van der Waals surface area contributed by atoms with Crippen molar-refractivity contribution in [2.75, 3.05) is 0 Å². The van der Waals surface area contributed by atoms with E-state index in [1.807, 2.05) is 24.6 Å². The van der Waals surface area contributed by atoms with Crippen molar-refractivity contribution in [3.8, 4) is 0 Å². The average Bonchev–Trinajstić information content (AvgIpc) is 2.45. The third-order valence-electron chi connectivity index (χ3n) is 1.69. The van der Waals surface area contributed by atoms with Gasteiger partial charge in [-0.25, -0.2) is 4.98 Å². The largest absolute Gasteiger partial charge is 0.244 e. The van der Waals surface area contributed by atoms with E-state index >= 15 is 0 Å². The second-order valence-electron chi connectivity index (χ2n) is 2.37. The number of nitrogens with zero attached hydrogens (tertiary/aromatic N) is 1. The highest BCUT2D eigenvalue weighted by molar-refractivity contribution is 7.16. The van der Waals surface area contributed by atoms with Gasteiger partial charge in [-0.3, -0.25) is 0 Å². The van der Waals surface area contributed by atoms with Crippen LogP contribution in [0, 0.1) is 6.92 Å². The van der Waals surface area contributed by atoms with Crippen LogP contribution in [-0.2, 0) is 0 Å². The molecule has 1 aromatic heterocycles. The molecule has 0 saturated carbocycles. The molecule has 0 atom stereocenters. The lowest BCUT2D eigenvalue weighted by Gasteiger charge is -1.95. The minimum absolute atomic E-state index is 0.795. The van der Waals surface area contributed by atoms with Gasteiger partial charge in [-0.1, -0.05) is 11.6 Å². The molecule has 0 amide bonds. The van der Waals surface area contributed by atoms with Gasteiger partial charge in [0.2, 0.25) is 0 Å². The minimum Gasteiger partial charge on any atom is -0.244 e. The first-order valence-corrected chi connectivity index (χ1v) is 4.53. The van der Waals surface area contributed by atoms with Gasteiger partial charge < -0.3 is 0 Å². The highest BCUT2D eigenvalue weighted by Crippen LogP contribution is 2.26. The van der Waals surface area contributed by atoms with Crippen LogP contribution in [0.2, 0.25) is 5.02 Å². The lowest BCUT2D eigenvalue weighted by molar-refractivity contribution is 1.43. The third kappa shape index (κ3) is 1.03. The molecule has 0 aliphatic heterocycles. The number of fused-ring (bicyclic) bond motifs is 1. The molecule has 11 heavy (non-hydrogen) atoms. The van der Waals surface area contributed by atoms with Gasteiger partial charge in [-0.15, -0.1) is 11.3 Å². The van der Waals surface area contributed by atoms with Gasteiger partial charge in [-0.2, -0.15) is 0 Å². The molecule has 0 saturated heterocycles. The van der Waals surface area contributed by atoms with Crippen molar-refractivity contribution in [2.24, 2.45) is 0 Å². The van der Waals surface area contributed by atoms with E-state index in [1.54, 1.807) is 11.3 Å². The highest BCUT2D eigenvalue weighted by Gasteiger charge is 2.02. The summed E-state index contributed by atoms with van der Waals surface area (Å²) in [7, 11) is 0. The van der Waals surface area contributed by atoms with E-state index in [-0.39, 0.29) is 0 Å². The Kier molecular flexibility index (Phi) is 1.59. The standard InChI is InChI=1S/C8H6ClNS/c1-5-6(9)2-3-7-8(5)10-4-11-7/h2-4H,1H3. The molecule has 0 bridgehead atoms. The number of halogens is 1. The summed E-state index contributed by atoms with van der Waals surface area (Å²) in [6.07, 6.45) is 0. The zero-order chi connectivity index (χ0) is 7.84. The highest BCUT2D eigenvalue weighted by atomic mass is 35.5. The summed E-state index contributed by atoms with van der Waals surface area (Å²) in [5.74, 6) is 0. The van der Waals surface area contributed by atoms with E-state index < -0.39 is 0 Å². The first-order chi connectivity index (χ1) is 5.29. The van der Waals surface area contributed by atoms with E-state index in [2.05, 4.69) is 4.98 Å². The van der Waals surface area contributed by atoms with E-state index in [9.17, 15) is 0 Å². The monoisotopic (exact) mass is 183 g/mol. The quantitative estimate of drug-likeness (QED) is 0.611. The second-order valence-corrected chi connectivity index (χ2v) is 3.67. The molecule has 0 spiro atoms. The normalized spacial score (nSPS) is 10.7. The maximum absolute atomic E-state index is 5.91. The number of hydrogen-bond donors (Lipinski definition) is 0. The fourth-order valence-electron chi connectivity index (χ4n) is 1.04. The molecule has 0 N–H and O–H groups in total. The van der Waals surface area contributed by atoms with Gasteiger partial charge >= 0.3 is 0 Å². The molecular formula is C8H6ClNS. The van der Waals surface area contributed by atoms with Gasteiger partial charge in [0, 0.05) is 5.02 Å². The predicted molar refractivity (Wildman–Crippen MR) is 49.4 cm³/mol. The van der Waals surface area contributed by atoms with Crippen LogP contribution >= 0.6 is 22.9 Å². The van der Waals surface area contributed by atoms with Gasteiger partial charge in [0.1, 0.15) is 0 Å². The summed E-state index contributed by atoms with van der Waals surface area (Å²) in [4.78, 5) is 4.21. The fourth-order valence-corrected chi connectivity index (χ4v) is 1.93. The molecule has 0 radical (unpaired) electrons. The summed E-state index contributed by atoms with van der Waals surface area (Å²) in [6.45, 7) is 1.99. The van der Waals surface area contributed by atoms with Crippen molar-refractivity contribution in [1.82, 2.24) is 4.98 Å². The van der Waals surface area contributed by atoms with Crippen LogP contribution in [0.15, 0.2) is 17.6 Å². The van der Waals surface area contributed by atoms with E-state index in [1.165, 1.54) is 4.70 Å². The van der Waals surface area contributed by atoms with Gasteiger partial charge in [0.15, 0.2) is 0 Å². The van der Waals surface area contributed by atoms with Gasteiger partial charge in [0.25, 0.3) is 0 Å². The van der Waals surface area contributed by atoms with Gasteiger partial charge in [0.05, 0.1) is 15.7 Å². The van der Waals surface area contributed by atoms with Crippen molar-refractivity contribution < 1.29 is 0 Å². The molecular weight excluding hydrogens is 178 g/mol. The summed E-state index contributed by atoms with van der Waals surface area (Å²) in [5, 5.41) is 0.795. The summed E-state index contributed by atoms with van der Waals surface area (Å²) in [5.41, 5.74) is 3.95.